The standard InChI is InChI=1S/C16H11N3O3S/c20-15(14-8-4-10-23-14)11-5-1-2-6-12(11)18-16-13(19(21)22)7-3-9-17-16/h1-10H,(H,17,18). The normalized spacial score (nSPS) is 10.3. The van der Waals surface area contributed by atoms with Crippen molar-refractivity contribution < 1.29 is 9.72 Å². The maximum atomic E-state index is 12.6. The molecule has 0 amide bonds. The Bertz CT molecular complexity index is 863. The molecule has 0 radical (unpaired) electrons. The molecule has 0 aliphatic carbocycles. The molecule has 3 aromatic rings. The smallest absolute Gasteiger partial charge is 0.311 e. The maximum absolute atomic E-state index is 12.6. The third-order valence-electron chi connectivity index (χ3n) is 3.15. The van der Waals surface area contributed by atoms with Gasteiger partial charge in [-0.05, 0) is 29.6 Å². The number of pyridine rings is 1. The molecule has 0 atom stereocenters. The van der Waals surface area contributed by atoms with Crippen molar-refractivity contribution in [3.63, 3.8) is 0 Å². The van der Waals surface area contributed by atoms with Gasteiger partial charge in [0.05, 0.1) is 15.5 Å². The van der Waals surface area contributed by atoms with Crippen LogP contribution in [-0.4, -0.2) is 15.7 Å². The van der Waals surface area contributed by atoms with E-state index in [9.17, 15) is 14.9 Å². The third kappa shape index (κ3) is 3.09. The minimum atomic E-state index is -0.515. The fraction of sp³-hybridized carbons (Fsp3) is 0. The number of aromatic nitrogens is 1. The maximum Gasteiger partial charge on any atom is 0.311 e. The van der Waals surface area contributed by atoms with E-state index in [1.807, 2.05) is 5.38 Å². The molecular formula is C16H11N3O3S. The van der Waals surface area contributed by atoms with Gasteiger partial charge in [0.1, 0.15) is 0 Å². The number of nitrogens with zero attached hydrogens (tertiary/aromatic N) is 2. The van der Waals surface area contributed by atoms with Crippen LogP contribution >= 0.6 is 11.3 Å². The van der Waals surface area contributed by atoms with E-state index in [4.69, 9.17) is 0 Å². The Hall–Kier alpha value is -3.06. The van der Waals surface area contributed by atoms with Crippen LogP contribution in [0.1, 0.15) is 15.2 Å². The van der Waals surface area contributed by atoms with Crippen LogP contribution < -0.4 is 5.32 Å². The first-order valence-electron chi connectivity index (χ1n) is 6.70. The van der Waals surface area contributed by atoms with Crippen LogP contribution in [0, 0.1) is 10.1 Å². The summed E-state index contributed by atoms with van der Waals surface area (Å²) in [7, 11) is 0. The van der Waals surface area contributed by atoms with Crippen molar-refractivity contribution in [2.75, 3.05) is 5.32 Å². The average Bonchev–Trinajstić information content (AvgIpc) is 3.09. The van der Waals surface area contributed by atoms with Gasteiger partial charge in [0.2, 0.25) is 11.6 Å². The SMILES string of the molecule is O=C(c1cccs1)c1ccccc1Nc1ncccc1[N+](=O)[O-]. The molecule has 23 heavy (non-hydrogen) atoms. The second-order valence-corrected chi connectivity index (χ2v) is 5.55. The van der Waals surface area contributed by atoms with E-state index in [0.29, 0.717) is 16.1 Å². The van der Waals surface area contributed by atoms with Crippen LogP contribution in [0.5, 0.6) is 0 Å². The van der Waals surface area contributed by atoms with Gasteiger partial charge in [-0.2, -0.15) is 0 Å². The van der Waals surface area contributed by atoms with Crippen LogP contribution in [0.25, 0.3) is 0 Å². The monoisotopic (exact) mass is 325 g/mol. The lowest BCUT2D eigenvalue weighted by Gasteiger charge is -2.10. The fourth-order valence-electron chi connectivity index (χ4n) is 2.10. The lowest BCUT2D eigenvalue weighted by Crippen LogP contribution is -2.06. The zero-order chi connectivity index (χ0) is 16.2. The quantitative estimate of drug-likeness (QED) is 0.435. The Morgan fingerprint density at radius 2 is 1.96 bits per heavy atom. The first-order valence-corrected chi connectivity index (χ1v) is 7.58. The van der Waals surface area contributed by atoms with Gasteiger partial charge in [-0.25, -0.2) is 4.98 Å². The zero-order valence-electron chi connectivity index (χ0n) is 11.8. The molecule has 0 fully saturated rings. The fourth-order valence-corrected chi connectivity index (χ4v) is 2.78. The van der Waals surface area contributed by atoms with Crippen molar-refractivity contribution in [3.8, 4) is 0 Å². The molecule has 3 rings (SSSR count). The molecule has 114 valence electrons. The summed E-state index contributed by atoms with van der Waals surface area (Å²) in [6.07, 6.45) is 1.46. The van der Waals surface area contributed by atoms with Gasteiger partial charge in [-0.15, -0.1) is 11.3 Å². The highest BCUT2D eigenvalue weighted by Crippen LogP contribution is 2.28. The first kappa shape index (κ1) is 14.9. The number of hydrogen-bond acceptors (Lipinski definition) is 6. The molecule has 0 spiro atoms. The van der Waals surface area contributed by atoms with E-state index in [-0.39, 0.29) is 17.3 Å². The van der Waals surface area contributed by atoms with E-state index in [1.54, 1.807) is 36.4 Å². The summed E-state index contributed by atoms with van der Waals surface area (Å²) in [5, 5.41) is 15.8. The lowest BCUT2D eigenvalue weighted by atomic mass is 10.1. The Morgan fingerprint density at radius 1 is 1.13 bits per heavy atom. The van der Waals surface area contributed by atoms with Gasteiger partial charge in [0, 0.05) is 17.8 Å². The molecule has 0 saturated carbocycles. The highest BCUT2D eigenvalue weighted by molar-refractivity contribution is 7.12. The number of thiophene rings is 1. The highest BCUT2D eigenvalue weighted by Gasteiger charge is 2.18. The minimum absolute atomic E-state index is 0.101. The Kier molecular flexibility index (Phi) is 4.11. The van der Waals surface area contributed by atoms with Crippen molar-refractivity contribution >= 4 is 34.3 Å². The molecule has 0 aliphatic rings. The van der Waals surface area contributed by atoms with E-state index in [2.05, 4.69) is 10.3 Å². The summed E-state index contributed by atoms with van der Waals surface area (Å²) < 4.78 is 0. The van der Waals surface area contributed by atoms with Crippen molar-refractivity contribution in [2.24, 2.45) is 0 Å². The van der Waals surface area contributed by atoms with Gasteiger partial charge in [-0.1, -0.05) is 18.2 Å². The Labute approximate surface area is 135 Å². The number of para-hydroxylation sites is 1. The third-order valence-corrected chi connectivity index (χ3v) is 4.02. The van der Waals surface area contributed by atoms with Crippen LogP contribution in [0.2, 0.25) is 0 Å². The zero-order valence-corrected chi connectivity index (χ0v) is 12.6. The summed E-state index contributed by atoms with van der Waals surface area (Å²) in [5.41, 5.74) is 0.772. The molecular weight excluding hydrogens is 314 g/mol. The summed E-state index contributed by atoms with van der Waals surface area (Å²) in [6, 6.07) is 13.3. The molecule has 1 aromatic carbocycles. The molecule has 0 saturated heterocycles. The number of benzene rings is 1. The topological polar surface area (TPSA) is 85.1 Å². The molecule has 6 nitrogen and oxygen atoms in total. The average molecular weight is 325 g/mol. The van der Waals surface area contributed by atoms with E-state index < -0.39 is 4.92 Å². The minimum Gasteiger partial charge on any atom is -0.334 e. The number of rotatable bonds is 5. The van der Waals surface area contributed by atoms with E-state index in [0.717, 1.165) is 0 Å². The van der Waals surface area contributed by atoms with Crippen molar-refractivity contribution in [1.82, 2.24) is 4.98 Å². The molecule has 0 aliphatic heterocycles. The largest absolute Gasteiger partial charge is 0.334 e. The predicted octanol–water partition coefficient (Wildman–Crippen LogP) is 4.03. The van der Waals surface area contributed by atoms with E-state index in [1.165, 1.54) is 29.7 Å². The van der Waals surface area contributed by atoms with Crippen molar-refractivity contribution in [2.45, 2.75) is 0 Å². The number of nitro groups is 1. The number of carbonyl (C=O) groups is 1. The van der Waals surface area contributed by atoms with Gasteiger partial charge in [-0.3, -0.25) is 14.9 Å². The summed E-state index contributed by atoms with van der Waals surface area (Å²) in [6.45, 7) is 0. The van der Waals surface area contributed by atoms with Crippen LogP contribution in [0.15, 0.2) is 60.1 Å². The number of anilines is 2. The Morgan fingerprint density at radius 3 is 2.70 bits per heavy atom. The number of carbonyl (C=O) groups excluding carboxylic acids is 1. The second kappa shape index (κ2) is 6.37. The lowest BCUT2D eigenvalue weighted by molar-refractivity contribution is -0.384. The summed E-state index contributed by atoms with van der Waals surface area (Å²) >= 11 is 1.35. The number of ketones is 1. The molecule has 1 N–H and O–H groups in total. The van der Waals surface area contributed by atoms with Crippen LogP contribution in [0.3, 0.4) is 0 Å². The number of nitrogens with one attached hydrogen (secondary N) is 1. The van der Waals surface area contributed by atoms with Gasteiger partial charge >= 0.3 is 5.69 Å². The summed E-state index contributed by atoms with van der Waals surface area (Å²) in [5.74, 6) is -0.0365. The Balaban J connectivity index is 1.99. The summed E-state index contributed by atoms with van der Waals surface area (Å²) in [4.78, 5) is 27.7. The van der Waals surface area contributed by atoms with Crippen molar-refractivity contribution in [3.05, 3.63) is 80.7 Å². The molecule has 2 heterocycles. The van der Waals surface area contributed by atoms with E-state index >= 15 is 0 Å². The van der Waals surface area contributed by atoms with Crippen LogP contribution in [-0.2, 0) is 0 Å². The van der Waals surface area contributed by atoms with Crippen LogP contribution in [0.4, 0.5) is 17.2 Å². The highest BCUT2D eigenvalue weighted by atomic mass is 32.1. The van der Waals surface area contributed by atoms with Gasteiger partial charge in [0.25, 0.3) is 0 Å². The molecule has 7 heteroatoms. The first-order chi connectivity index (χ1) is 11.2. The second-order valence-electron chi connectivity index (χ2n) is 4.61. The van der Waals surface area contributed by atoms with Gasteiger partial charge < -0.3 is 5.32 Å². The molecule has 2 aromatic heterocycles. The molecule has 0 bridgehead atoms. The molecule has 0 unspecified atom stereocenters. The van der Waals surface area contributed by atoms with Gasteiger partial charge in [0.15, 0.2) is 0 Å². The predicted molar refractivity (Wildman–Crippen MR) is 88.4 cm³/mol. The van der Waals surface area contributed by atoms with Crippen molar-refractivity contribution in [1.29, 1.82) is 0 Å². The number of hydrogen-bond donors (Lipinski definition) is 1.